The van der Waals surface area contributed by atoms with Crippen LogP contribution in [0.1, 0.15) is 13.8 Å². The molecule has 72 valence electrons. The minimum Gasteiger partial charge on any atom is -0.464 e. The van der Waals surface area contributed by atoms with Gasteiger partial charge >= 0.3 is 5.97 Å². The lowest BCUT2D eigenvalue weighted by Gasteiger charge is -2.10. The van der Waals surface area contributed by atoms with Crippen molar-refractivity contribution in [3.8, 4) is 0 Å². The molecule has 0 aromatic rings. The molecule has 0 aromatic carbocycles. The summed E-state index contributed by atoms with van der Waals surface area (Å²) in [6.07, 6.45) is -0.500. The van der Waals surface area contributed by atoms with E-state index in [1.807, 2.05) is 0 Å². The number of methoxy groups -OCH3 is 1. The van der Waals surface area contributed by atoms with Crippen LogP contribution in [0, 0.1) is 0 Å². The fraction of sp³-hybridized carbons (Fsp3) is 0.875. The Kier molecular flexibility index (Phi) is 6.70. The van der Waals surface area contributed by atoms with Gasteiger partial charge in [-0.2, -0.15) is 0 Å². The van der Waals surface area contributed by atoms with E-state index in [4.69, 9.17) is 14.2 Å². The molecule has 0 aliphatic rings. The van der Waals surface area contributed by atoms with Gasteiger partial charge in [0.25, 0.3) is 0 Å². The van der Waals surface area contributed by atoms with Gasteiger partial charge in [-0.15, -0.1) is 0 Å². The van der Waals surface area contributed by atoms with Gasteiger partial charge in [0.2, 0.25) is 0 Å². The van der Waals surface area contributed by atoms with Crippen molar-refractivity contribution in [2.75, 3.05) is 26.9 Å². The molecule has 1 unspecified atom stereocenters. The van der Waals surface area contributed by atoms with Crippen molar-refractivity contribution >= 4 is 5.97 Å². The maximum Gasteiger partial charge on any atom is 0.334 e. The number of hydrogen-bond acceptors (Lipinski definition) is 4. The van der Waals surface area contributed by atoms with Crippen molar-refractivity contribution in [3.05, 3.63) is 0 Å². The van der Waals surface area contributed by atoms with Crippen molar-refractivity contribution in [1.29, 1.82) is 0 Å². The fourth-order valence-electron chi connectivity index (χ4n) is 0.636. The predicted octanol–water partition coefficient (Wildman–Crippen LogP) is 0.601. The number of rotatable bonds is 6. The van der Waals surface area contributed by atoms with E-state index in [0.717, 1.165) is 0 Å². The van der Waals surface area contributed by atoms with E-state index in [0.29, 0.717) is 19.8 Å². The fourth-order valence-corrected chi connectivity index (χ4v) is 0.636. The van der Waals surface area contributed by atoms with Gasteiger partial charge in [-0.3, -0.25) is 0 Å². The number of ether oxygens (including phenoxy) is 3. The van der Waals surface area contributed by atoms with Gasteiger partial charge in [-0.05, 0) is 13.8 Å². The number of carbonyl (C=O) groups is 1. The van der Waals surface area contributed by atoms with Crippen LogP contribution in [0.5, 0.6) is 0 Å². The van der Waals surface area contributed by atoms with E-state index >= 15 is 0 Å². The van der Waals surface area contributed by atoms with Crippen LogP contribution in [-0.4, -0.2) is 39.0 Å². The molecule has 1 atom stereocenters. The van der Waals surface area contributed by atoms with E-state index in [1.165, 1.54) is 0 Å². The zero-order valence-electron chi connectivity index (χ0n) is 7.83. The molecule has 0 bridgehead atoms. The summed E-state index contributed by atoms with van der Waals surface area (Å²) >= 11 is 0. The van der Waals surface area contributed by atoms with E-state index < -0.39 is 6.10 Å². The summed E-state index contributed by atoms with van der Waals surface area (Å²) in [5, 5.41) is 0. The molecule has 0 amide bonds. The van der Waals surface area contributed by atoms with Crippen molar-refractivity contribution < 1.29 is 19.0 Å². The van der Waals surface area contributed by atoms with Gasteiger partial charge < -0.3 is 14.2 Å². The van der Waals surface area contributed by atoms with E-state index in [-0.39, 0.29) is 5.97 Å². The molecule has 0 radical (unpaired) electrons. The Bertz CT molecular complexity index is 124. The zero-order valence-corrected chi connectivity index (χ0v) is 7.83. The average molecular weight is 176 g/mol. The van der Waals surface area contributed by atoms with Gasteiger partial charge in [0.1, 0.15) is 0 Å². The Labute approximate surface area is 72.8 Å². The van der Waals surface area contributed by atoms with Crippen LogP contribution in [0.4, 0.5) is 0 Å². The normalized spacial score (nSPS) is 12.6. The van der Waals surface area contributed by atoms with Crippen LogP contribution in [0.3, 0.4) is 0 Å². The molecule has 12 heavy (non-hydrogen) atoms. The summed E-state index contributed by atoms with van der Waals surface area (Å²) < 4.78 is 14.6. The second-order valence-corrected chi connectivity index (χ2v) is 2.26. The molecule has 4 nitrogen and oxygen atoms in total. The highest BCUT2D eigenvalue weighted by Crippen LogP contribution is 1.94. The molecule has 0 spiro atoms. The van der Waals surface area contributed by atoms with Crippen molar-refractivity contribution in [2.24, 2.45) is 0 Å². The maximum atomic E-state index is 10.9. The van der Waals surface area contributed by atoms with E-state index in [1.54, 1.807) is 21.0 Å². The topological polar surface area (TPSA) is 44.8 Å². The lowest BCUT2D eigenvalue weighted by atomic mass is 10.4. The molecule has 4 heteroatoms. The summed E-state index contributed by atoms with van der Waals surface area (Å²) in [4.78, 5) is 10.9. The zero-order chi connectivity index (χ0) is 9.40. The molecule has 0 saturated carbocycles. The summed E-state index contributed by atoms with van der Waals surface area (Å²) in [5.41, 5.74) is 0. The third kappa shape index (κ3) is 5.09. The highest BCUT2D eigenvalue weighted by atomic mass is 16.6. The minimum atomic E-state index is -0.500. The first kappa shape index (κ1) is 11.4. The predicted molar refractivity (Wildman–Crippen MR) is 43.9 cm³/mol. The lowest BCUT2D eigenvalue weighted by molar-refractivity contribution is -0.156. The second kappa shape index (κ2) is 7.06. The Morgan fingerprint density at radius 2 is 2.08 bits per heavy atom. The largest absolute Gasteiger partial charge is 0.464 e. The molecular formula is C8H16O4. The van der Waals surface area contributed by atoms with Crippen LogP contribution in [-0.2, 0) is 19.0 Å². The Hall–Kier alpha value is -0.610. The Balaban J connectivity index is 3.42. The molecular weight excluding hydrogens is 160 g/mol. The first-order valence-corrected chi connectivity index (χ1v) is 3.99. The molecule has 0 aliphatic heterocycles. The maximum absolute atomic E-state index is 10.9. The average Bonchev–Trinajstić information content (AvgIpc) is 2.05. The van der Waals surface area contributed by atoms with Gasteiger partial charge in [0, 0.05) is 7.11 Å². The summed E-state index contributed by atoms with van der Waals surface area (Å²) in [6.45, 7) is 4.71. The van der Waals surface area contributed by atoms with Crippen molar-refractivity contribution in [1.82, 2.24) is 0 Å². The first-order chi connectivity index (χ1) is 5.72. The molecule has 0 aliphatic carbocycles. The van der Waals surface area contributed by atoms with Crippen LogP contribution in [0.25, 0.3) is 0 Å². The number of carbonyl (C=O) groups excluding carboxylic acids is 1. The smallest absolute Gasteiger partial charge is 0.334 e. The third-order valence-electron chi connectivity index (χ3n) is 1.27. The summed E-state index contributed by atoms with van der Waals surface area (Å²) in [6, 6.07) is 0. The van der Waals surface area contributed by atoms with Gasteiger partial charge in [0.15, 0.2) is 6.10 Å². The molecule has 0 heterocycles. The van der Waals surface area contributed by atoms with Gasteiger partial charge in [-0.25, -0.2) is 4.79 Å². The first-order valence-electron chi connectivity index (χ1n) is 3.99. The molecule has 0 fully saturated rings. The highest BCUT2D eigenvalue weighted by molar-refractivity contribution is 5.74. The SMILES string of the molecule is CCOC(=O)C(C)OCCOC. The highest BCUT2D eigenvalue weighted by Gasteiger charge is 2.13. The van der Waals surface area contributed by atoms with E-state index in [9.17, 15) is 4.79 Å². The van der Waals surface area contributed by atoms with Crippen LogP contribution in [0.15, 0.2) is 0 Å². The van der Waals surface area contributed by atoms with Crippen LogP contribution < -0.4 is 0 Å². The molecule has 0 aromatic heterocycles. The van der Waals surface area contributed by atoms with Gasteiger partial charge in [-0.1, -0.05) is 0 Å². The van der Waals surface area contributed by atoms with Crippen molar-refractivity contribution in [3.63, 3.8) is 0 Å². The second-order valence-electron chi connectivity index (χ2n) is 2.26. The number of hydrogen-bond donors (Lipinski definition) is 0. The molecule has 0 saturated heterocycles. The Morgan fingerprint density at radius 3 is 2.58 bits per heavy atom. The number of esters is 1. The quantitative estimate of drug-likeness (QED) is 0.439. The van der Waals surface area contributed by atoms with Crippen LogP contribution >= 0.6 is 0 Å². The summed E-state index contributed by atoms with van der Waals surface area (Å²) in [7, 11) is 1.58. The minimum absolute atomic E-state index is 0.325. The molecule has 0 rings (SSSR count). The molecule has 0 N–H and O–H groups in total. The lowest BCUT2D eigenvalue weighted by Crippen LogP contribution is -2.24. The van der Waals surface area contributed by atoms with E-state index in [2.05, 4.69) is 0 Å². The van der Waals surface area contributed by atoms with Gasteiger partial charge in [0.05, 0.1) is 19.8 Å². The Morgan fingerprint density at radius 1 is 1.42 bits per heavy atom. The van der Waals surface area contributed by atoms with Crippen LogP contribution in [0.2, 0.25) is 0 Å². The summed E-state index contributed by atoms with van der Waals surface area (Å²) in [5.74, 6) is -0.325. The van der Waals surface area contributed by atoms with Crippen molar-refractivity contribution in [2.45, 2.75) is 20.0 Å². The monoisotopic (exact) mass is 176 g/mol. The standard InChI is InChI=1S/C8H16O4/c1-4-11-8(9)7(2)12-6-5-10-3/h7H,4-6H2,1-3H3. The third-order valence-corrected chi connectivity index (χ3v) is 1.27.